The molecule has 1 aromatic heterocycles. The maximum absolute atomic E-state index is 12.4. The van der Waals surface area contributed by atoms with Crippen molar-refractivity contribution in [2.24, 2.45) is 5.92 Å². The molecule has 0 bridgehead atoms. The Morgan fingerprint density at radius 2 is 2.32 bits per heavy atom. The number of rotatable bonds is 3. The second kappa shape index (κ2) is 5.65. The van der Waals surface area contributed by atoms with Gasteiger partial charge in [-0.05, 0) is 30.9 Å². The van der Waals surface area contributed by atoms with E-state index in [0.29, 0.717) is 13.1 Å². The summed E-state index contributed by atoms with van der Waals surface area (Å²) in [6.45, 7) is 0.787. The molecule has 1 aliphatic heterocycles. The molecule has 1 aliphatic rings. The van der Waals surface area contributed by atoms with E-state index in [1.54, 1.807) is 0 Å². The predicted molar refractivity (Wildman–Crippen MR) is 67.5 cm³/mol. The van der Waals surface area contributed by atoms with Gasteiger partial charge in [0, 0.05) is 25.9 Å². The number of aliphatic hydroxyl groups excluding tert-OH is 1. The molecule has 1 atom stereocenters. The first-order chi connectivity index (χ1) is 9.07. The third-order valence-electron chi connectivity index (χ3n) is 3.23. The fourth-order valence-corrected chi connectivity index (χ4v) is 3.64. The number of pyridine rings is 1. The van der Waals surface area contributed by atoms with E-state index in [9.17, 15) is 8.42 Å². The summed E-state index contributed by atoms with van der Waals surface area (Å²) in [5.74, 6) is -0.00475. The molecule has 0 amide bonds. The van der Waals surface area contributed by atoms with Crippen molar-refractivity contribution in [3.63, 3.8) is 0 Å². The SMILES string of the molecule is N#Cc1ccc(S(=O)(=O)N2CCCC(CO)C2)cn1. The lowest BCUT2D eigenvalue weighted by Crippen LogP contribution is -2.40. The zero-order valence-corrected chi connectivity index (χ0v) is 11.2. The molecular weight excluding hydrogens is 266 g/mol. The van der Waals surface area contributed by atoms with E-state index in [2.05, 4.69) is 4.98 Å². The Labute approximate surface area is 112 Å². The lowest BCUT2D eigenvalue weighted by Gasteiger charge is -2.30. The van der Waals surface area contributed by atoms with Crippen LogP contribution in [0.3, 0.4) is 0 Å². The van der Waals surface area contributed by atoms with Crippen LogP contribution in [0, 0.1) is 17.2 Å². The largest absolute Gasteiger partial charge is 0.396 e. The zero-order chi connectivity index (χ0) is 13.9. The number of hydrogen-bond acceptors (Lipinski definition) is 5. The first kappa shape index (κ1) is 13.9. The van der Waals surface area contributed by atoms with Crippen molar-refractivity contribution in [2.75, 3.05) is 19.7 Å². The zero-order valence-electron chi connectivity index (χ0n) is 10.4. The molecule has 2 heterocycles. The van der Waals surface area contributed by atoms with Crippen molar-refractivity contribution in [1.82, 2.24) is 9.29 Å². The highest BCUT2D eigenvalue weighted by Gasteiger charge is 2.30. The average Bonchev–Trinajstić information content (AvgIpc) is 2.47. The van der Waals surface area contributed by atoms with Crippen molar-refractivity contribution in [3.8, 4) is 6.07 Å². The Kier molecular flexibility index (Phi) is 4.14. The van der Waals surface area contributed by atoms with Gasteiger partial charge in [0.2, 0.25) is 10.0 Å². The minimum atomic E-state index is -3.58. The van der Waals surface area contributed by atoms with Gasteiger partial charge >= 0.3 is 0 Å². The van der Waals surface area contributed by atoms with Gasteiger partial charge in [0.05, 0.1) is 0 Å². The molecule has 7 heteroatoms. The van der Waals surface area contributed by atoms with Crippen LogP contribution in [0.5, 0.6) is 0 Å². The summed E-state index contributed by atoms with van der Waals surface area (Å²) < 4.78 is 26.1. The topological polar surface area (TPSA) is 94.3 Å². The molecule has 1 fully saturated rings. The van der Waals surface area contributed by atoms with Crippen LogP contribution < -0.4 is 0 Å². The van der Waals surface area contributed by atoms with Crippen LogP contribution in [-0.2, 0) is 10.0 Å². The highest BCUT2D eigenvalue weighted by atomic mass is 32.2. The van der Waals surface area contributed by atoms with Gasteiger partial charge in [0.25, 0.3) is 0 Å². The second-order valence-corrected chi connectivity index (χ2v) is 6.48. The van der Waals surface area contributed by atoms with Gasteiger partial charge < -0.3 is 5.11 Å². The van der Waals surface area contributed by atoms with Crippen molar-refractivity contribution >= 4 is 10.0 Å². The van der Waals surface area contributed by atoms with E-state index in [1.807, 2.05) is 6.07 Å². The number of piperidine rings is 1. The molecule has 0 saturated carbocycles. The fourth-order valence-electron chi connectivity index (χ4n) is 2.14. The van der Waals surface area contributed by atoms with Gasteiger partial charge in [0.1, 0.15) is 16.7 Å². The van der Waals surface area contributed by atoms with Crippen LogP contribution >= 0.6 is 0 Å². The first-order valence-electron chi connectivity index (χ1n) is 6.05. The smallest absolute Gasteiger partial charge is 0.244 e. The number of aromatic nitrogens is 1. The van der Waals surface area contributed by atoms with Crippen LogP contribution in [0.2, 0.25) is 0 Å². The number of sulfonamides is 1. The Balaban J connectivity index is 2.23. The maximum Gasteiger partial charge on any atom is 0.244 e. The molecule has 1 N–H and O–H groups in total. The summed E-state index contributed by atoms with van der Waals surface area (Å²) in [4.78, 5) is 3.87. The molecule has 19 heavy (non-hydrogen) atoms. The van der Waals surface area contributed by atoms with Crippen LogP contribution in [0.15, 0.2) is 23.2 Å². The molecular formula is C12H15N3O3S. The van der Waals surface area contributed by atoms with E-state index in [0.717, 1.165) is 12.8 Å². The molecule has 0 aromatic carbocycles. The average molecular weight is 281 g/mol. The lowest BCUT2D eigenvalue weighted by atomic mass is 10.0. The summed E-state index contributed by atoms with van der Waals surface area (Å²) in [5.41, 5.74) is 0.186. The summed E-state index contributed by atoms with van der Waals surface area (Å²) >= 11 is 0. The monoisotopic (exact) mass is 281 g/mol. The molecule has 102 valence electrons. The van der Waals surface area contributed by atoms with Gasteiger partial charge in [-0.25, -0.2) is 13.4 Å². The van der Waals surface area contributed by atoms with E-state index >= 15 is 0 Å². The van der Waals surface area contributed by atoms with Gasteiger partial charge in [-0.1, -0.05) is 0 Å². The lowest BCUT2D eigenvalue weighted by molar-refractivity contribution is 0.165. The third kappa shape index (κ3) is 2.92. The minimum absolute atomic E-state index is 0.00234. The van der Waals surface area contributed by atoms with Gasteiger partial charge in [-0.15, -0.1) is 0 Å². The summed E-state index contributed by atoms with van der Waals surface area (Å²) in [6.07, 6.45) is 2.79. The van der Waals surface area contributed by atoms with Crippen LogP contribution in [0.25, 0.3) is 0 Å². The van der Waals surface area contributed by atoms with Crippen molar-refractivity contribution < 1.29 is 13.5 Å². The van der Waals surface area contributed by atoms with E-state index in [4.69, 9.17) is 10.4 Å². The van der Waals surface area contributed by atoms with Crippen LogP contribution in [-0.4, -0.2) is 42.5 Å². The molecule has 1 aromatic rings. The van der Waals surface area contributed by atoms with Crippen LogP contribution in [0.1, 0.15) is 18.5 Å². The van der Waals surface area contributed by atoms with E-state index in [-0.39, 0.29) is 23.1 Å². The number of hydrogen-bond donors (Lipinski definition) is 1. The van der Waals surface area contributed by atoms with Gasteiger partial charge in [0.15, 0.2) is 0 Å². The number of nitriles is 1. The van der Waals surface area contributed by atoms with Crippen molar-refractivity contribution in [1.29, 1.82) is 5.26 Å². The third-order valence-corrected chi connectivity index (χ3v) is 5.08. The Morgan fingerprint density at radius 1 is 1.53 bits per heavy atom. The van der Waals surface area contributed by atoms with Gasteiger partial charge in [-0.2, -0.15) is 9.57 Å². The summed E-state index contributed by atoms with van der Waals surface area (Å²) in [6, 6.07) is 4.63. The van der Waals surface area contributed by atoms with E-state index in [1.165, 1.54) is 22.6 Å². The molecule has 1 unspecified atom stereocenters. The van der Waals surface area contributed by atoms with E-state index < -0.39 is 10.0 Å². The van der Waals surface area contributed by atoms with Crippen molar-refractivity contribution in [3.05, 3.63) is 24.0 Å². The maximum atomic E-state index is 12.4. The highest BCUT2D eigenvalue weighted by Crippen LogP contribution is 2.23. The second-order valence-electron chi connectivity index (χ2n) is 4.54. The van der Waals surface area contributed by atoms with Gasteiger partial charge in [-0.3, -0.25) is 0 Å². The summed E-state index contributed by atoms with van der Waals surface area (Å²) in [7, 11) is -3.58. The quantitative estimate of drug-likeness (QED) is 0.862. The Hall–Kier alpha value is -1.49. The summed E-state index contributed by atoms with van der Waals surface area (Å²) in [5, 5.41) is 17.8. The minimum Gasteiger partial charge on any atom is -0.396 e. The molecule has 1 saturated heterocycles. The first-order valence-corrected chi connectivity index (χ1v) is 7.49. The highest BCUT2D eigenvalue weighted by molar-refractivity contribution is 7.89. The fraction of sp³-hybridized carbons (Fsp3) is 0.500. The molecule has 0 spiro atoms. The normalized spacial score (nSPS) is 20.9. The molecule has 0 aliphatic carbocycles. The molecule has 2 rings (SSSR count). The Bertz CT molecular complexity index is 577. The van der Waals surface area contributed by atoms with Crippen LogP contribution in [0.4, 0.5) is 0 Å². The number of aliphatic hydroxyl groups is 1. The molecule has 0 radical (unpaired) electrons. The Morgan fingerprint density at radius 3 is 2.89 bits per heavy atom. The standard InChI is InChI=1S/C12H15N3O3S/c13-6-11-3-4-12(7-14-11)19(17,18)15-5-1-2-10(8-15)9-16/h3-4,7,10,16H,1-2,5,8-9H2. The number of nitrogens with zero attached hydrogens (tertiary/aromatic N) is 3. The van der Waals surface area contributed by atoms with Crippen molar-refractivity contribution in [2.45, 2.75) is 17.7 Å². The predicted octanol–water partition coefficient (Wildman–Crippen LogP) is 0.346. The molecule has 6 nitrogen and oxygen atoms in total.